The van der Waals surface area contributed by atoms with Crippen LogP contribution < -0.4 is 0 Å². The van der Waals surface area contributed by atoms with Crippen molar-refractivity contribution in [1.82, 2.24) is 17.2 Å². The second-order valence-electron chi connectivity index (χ2n) is 18.5. The number of rotatable bonds is 23. The maximum Gasteiger partial charge on any atom is 0.243 e. The van der Waals surface area contributed by atoms with Gasteiger partial charge in [-0.1, -0.05) is 70.8 Å². The van der Waals surface area contributed by atoms with Crippen molar-refractivity contribution in [2.45, 2.75) is 141 Å². The van der Waals surface area contributed by atoms with E-state index in [9.17, 15) is 33.7 Å². The van der Waals surface area contributed by atoms with E-state index in [0.717, 1.165) is 22.3 Å². The Bertz CT molecular complexity index is 2570. The van der Waals surface area contributed by atoms with E-state index in [4.69, 9.17) is 0 Å². The molecule has 0 amide bonds. The fraction of sp³-hybridized carbons (Fsp3) is 0.520. The molecule has 0 aliphatic heterocycles. The minimum absolute atomic E-state index is 0.127. The summed E-state index contributed by atoms with van der Waals surface area (Å²) in [7, 11) is -12.5. The third kappa shape index (κ3) is 12.8. The minimum Gasteiger partial charge on any atom is -0.207 e. The van der Waals surface area contributed by atoms with Crippen molar-refractivity contribution in [1.29, 1.82) is 0 Å². The highest BCUT2D eigenvalue weighted by Gasteiger charge is 2.31. The van der Waals surface area contributed by atoms with Gasteiger partial charge < -0.3 is 0 Å². The second-order valence-corrected chi connectivity index (χ2v) is 26.2. The SMILES string of the molecule is Cc1cc(C)c(S(=O)(=O)N(C)CCCCN(CCCCN(CCCCN(C)S(=O)(=O)c2c(C)cc(C)cc2C)S(=O)(=O)c2c(C)cc(C)cc2C)S(=O)(=O)c2c(C)cc(C)cc2C)c(C)c1. The summed E-state index contributed by atoms with van der Waals surface area (Å²) < 4.78 is 119. The van der Waals surface area contributed by atoms with Gasteiger partial charge in [-0.3, -0.25) is 0 Å². The summed E-state index contributed by atoms with van der Waals surface area (Å²) in [5.41, 5.74) is 9.12. The lowest BCUT2D eigenvalue weighted by atomic mass is 10.1. The molecule has 4 aromatic carbocycles. The average Bonchev–Trinajstić information content (AvgIpc) is 3.15. The van der Waals surface area contributed by atoms with Gasteiger partial charge in [-0.25, -0.2) is 42.3 Å². The largest absolute Gasteiger partial charge is 0.243 e. The lowest BCUT2D eigenvalue weighted by molar-refractivity contribution is 0.351. The van der Waals surface area contributed by atoms with E-state index in [-0.39, 0.29) is 58.9 Å². The molecule has 0 saturated carbocycles. The van der Waals surface area contributed by atoms with Gasteiger partial charge in [0, 0.05) is 53.4 Å². The molecular weight excluding hydrogens is 913 g/mol. The van der Waals surface area contributed by atoms with Crippen LogP contribution in [0.3, 0.4) is 0 Å². The first-order chi connectivity index (χ1) is 30.5. The number of benzene rings is 4. The van der Waals surface area contributed by atoms with Crippen LogP contribution in [0.25, 0.3) is 0 Å². The lowest BCUT2D eigenvalue weighted by Gasteiger charge is -2.27. The molecule has 0 bridgehead atoms. The van der Waals surface area contributed by atoms with Gasteiger partial charge in [0.25, 0.3) is 0 Å². The van der Waals surface area contributed by atoms with E-state index in [2.05, 4.69) is 0 Å². The molecule has 0 fully saturated rings. The molecule has 0 aliphatic rings. The monoisotopic (exact) mass is 986 g/mol. The topological polar surface area (TPSA) is 150 Å². The number of hydrogen-bond acceptors (Lipinski definition) is 8. The molecule has 16 heteroatoms. The summed E-state index contributed by atoms with van der Waals surface area (Å²) in [4.78, 5) is 1.06. The van der Waals surface area contributed by atoms with Crippen molar-refractivity contribution in [2.75, 3.05) is 53.4 Å². The van der Waals surface area contributed by atoms with Gasteiger partial charge in [-0.15, -0.1) is 0 Å². The van der Waals surface area contributed by atoms with Gasteiger partial charge in [-0.2, -0.15) is 8.61 Å². The van der Waals surface area contributed by atoms with Crippen molar-refractivity contribution < 1.29 is 33.7 Å². The van der Waals surface area contributed by atoms with Gasteiger partial charge >= 0.3 is 0 Å². The molecule has 0 atom stereocenters. The van der Waals surface area contributed by atoms with Gasteiger partial charge in [0.1, 0.15) is 0 Å². The van der Waals surface area contributed by atoms with Gasteiger partial charge in [0.05, 0.1) is 19.6 Å². The van der Waals surface area contributed by atoms with E-state index >= 15 is 0 Å². The number of sulfonamides is 4. The summed E-state index contributed by atoms with van der Waals surface area (Å²) >= 11 is 0. The Morgan fingerprint density at radius 1 is 0.288 bits per heavy atom. The van der Waals surface area contributed by atoms with Crippen LogP contribution in [-0.4, -0.2) is 104 Å². The molecule has 0 heterocycles. The Hall–Kier alpha value is -3.48. The molecule has 0 aliphatic carbocycles. The molecule has 0 radical (unpaired) electrons. The van der Waals surface area contributed by atoms with Gasteiger partial charge in [0.2, 0.25) is 40.1 Å². The summed E-state index contributed by atoms with van der Waals surface area (Å²) in [6.45, 7) is 23.0. The van der Waals surface area contributed by atoms with Gasteiger partial charge in [-0.05, 0) is 166 Å². The van der Waals surface area contributed by atoms with Crippen LogP contribution in [0.15, 0.2) is 68.1 Å². The van der Waals surface area contributed by atoms with E-state index < -0.39 is 40.1 Å². The normalized spacial score (nSPS) is 12.9. The quantitative estimate of drug-likeness (QED) is 0.0669. The molecule has 12 nitrogen and oxygen atoms in total. The van der Waals surface area contributed by atoms with Crippen LogP contribution in [0.2, 0.25) is 0 Å². The lowest BCUT2D eigenvalue weighted by Crippen LogP contribution is -2.36. The molecule has 0 saturated heterocycles. The predicted molar refractivity (Wildman–Crippen MR) is 267 cm³/mol. The van der Waals surface area contributed by atoms with Gasteiger partial charge in [0.15, 0.2) is 0 Å². The van der Waals surface area contributed by atoms with Crippen LogP contribution in [0.5, 0.6) is 0 Å². The zero-order valence-corrected chi connectivity index (χ0v) is 45.1. The number of nitrogens with zero attached hydrogens (tertiary/aromatic N) is 4. The zero-order valence-electron chi connectivity index (χ0n) is 41.8. The second kappa shape index (κ2) is 22.3. The zero-order chi connectivity index (χ0) is 49.7. The number of aryl methyl sites for hydroxylation is 12. The fourth-order valence-electron chi connectivity index (χ4n) is 9.63. The first-order valence-corrected chi connectivity index (χ1v) is 28.6. The maximum absolute atomic E-state index is 14.5. The molecule has 0 unspecified atom stereocenters. The van der Waals surface area contributed by atoms with E-state index in [1.54, 1.807) is 69.5 Å². The van der Waals surface area contributed by atoms with Crippen molar-refractivity contribution in [3.8, 4) is 0 Å². The Morgan fingerprint density at radius 3 is 0.652 bits per heavy atom. The predicted octanol–water partition coefficient (Wildman–Crippen LogP) is 9.05. The van der Waals surface area contributed by atoms with E-state index in [0.29, 0.717) is 83.0 Å². The Balaban J connectivity index is 1.54. The third-order valence-corrected chi connectivity index (χ3v) is 21.0. The van der Waals surface area contributed by atoms with E-state index in [1.165, 1.54) is 17.2 Å². The van der Waals surface area contributed by atoms with E-state index in [1.807, 2.05) is 76.2 Å². The Kier molecular flexibility index (Phi) is 18.6. The highest BCUT2D eigenvalue weighted by atomic mass is 32.2. The highest BCUT2D eigenvalue weighted by molar-refractivity contribution is 7.90. The maximum atomic E-state index is 14.5. The van der Waals surface area contributed by atoms with Crippen LogP contribution >= 0.6 is 0 Å². The summed E-state index contributed by atoms with van der Waals surface area (Å²) in [5, 5.41) is 0. The smallest absolute Gasteiger partial charge is 0.207 e. The Labute approximate surface area is 398 Å². The van der Waals surface area contributed by atoms with Crippen molar-refractivity contribution in [3.05, 3.63) is 115 Å². The molecule has 366 valence electrons. The van der Waals surface area contributed by atoms with Crippen molar-refractivity contribution in [3.63, 3.8) is 0 Å². The molecule has 4 aromatic rings. The standard InChI is InChI=1S/C50H74N4O8S4/c1-35-27-39(5)47(40(6)28-35)63(55,56)51(13)21-15-17-23-53(65(59,60)49-43(9)31-37(3)32-44(49)10)25-19-20-26-54(66(61,62)50-45(11)33-38(4)34-46(50)12)24-18-16-22-52(14)64(57,58)48-41(7)29-36(2)30-42(48)8/h27-34H,15-26H2,1-14H3. The molecule has 0 aromatic heterocycles. The molecule has 0 spiro atoms. The van der Waals surface area contributed by atoms with Crippen LogP contribution in [0, 0.1) is 83.1 Å². The molecule has 0 N–H and O–H groups in total. The number of unbranched alkanes of at least 4 members (excludes halogenated alkanes) is 3. The van der Waals surface area contributed by atoms with Crippen LogP contribution in [-0.2, 0) is 40.1 Å². The minimum atomic E-state index is -4.00. The summed E-state index contributed by atoms with van der Waals surface area (Å²) in [6.07, 6.45) is 2.34. The Morgan fingerprint density at radius 2 is 0.455 bits per heavy atom. The first-order valence-electron chi connectivity index (χ1n) is 22.8. The first kappa shape index (κ1) is 55.1. The molecular formula is C50H74N4O8S4. The average molecular weight is 987 g/mol. The summed E-state index contributed by atoms with van der Waals surface area (Å²) in [6, 6.07) is 14.8. The fourth-order valence-corrected chi connectivity index (χ4v) is 16.7. The van der Waals surface area contributed by atoms with Crippen LogP contribution in [0.1, 0.15) is 105 Å². The van der Waals surface area contributed by atoms with Crippen molar-refractivity contribution >= 4 is 40.1 Å². The highest BCUT2D eigenvalue weighted by Crippen LogP contribution is 2.30. The molecule has 4 rings (SSSR count). The number of hydrogen-bond donors (Lipinski definition) is 0. The summed E-state index contributed by atoms with van der Waals surface area (Å²) in [5.74, 6) is 0. The molecule has 66 heavy (non-hydrogen) atoms. The van der Waals surface area contributed by atoms with Crippen LogP contribution in [0.4, 0.5) is 0 Å². The third-order valence-electron chi connectivity index (χ3n) is 12.3. The van der Waals surface area contributed by atoms with Crippen molar-refractivity contribution in [2.24, 2.45) is 0 Å².